The molecule has 1 aromatic heterocycles. The Balaban J connectivity index is 1.43. The van der Waals surface area contributed by atoms with Gasteiger partial charge in [0.2, 0.25) is 0 Å². The number of hydrogen-bond donors (Lipinski definition) is 0. The fraction of sp³-hybridized carbons (Fsp3) is 0.286. The number of benzene rings is 2. The number of nitro groups is 1. The third kappa shape index (κ3) is 4.20. The molecule has 2 heterocycles. The van der Waals surface area contributed by atoms with Crippen molar-refractivity contribution in [1.82, 2.24) is 24.8 Å². The van der Waals surface area contributed by atoms with Crippen LogP contribution in [0.15, 0.2) is 60.8 Å². The predicted octanol–water partition coefficient (Wildman–Crippen LogP) is 2.52. The molecule has 0 saturated carbocycles. The molecule has 1 unspecified atom stereocenters. The second-order valence-electron chi connectivity index (χ2n) is 7.39. The summed E-state index contributed by atoms with van der Waals surface area (Å²) in [6.07, 6.45) is 1.52. The highest BCUT2D eigenvalue weighted by atomic mass is 16.6. The van der Waals surface area contributed by atoms with Gasteiger partial charge in [-0.25, -0.2) is 4.68 Å². The number of carbonyl (C=O) groups is 1. The zero-order valence-corrected chi connectivity index (χ0v) is 16.6. The van der Waals surface area contributed by atoms with Crippen LogP contribution in [0, 0.1) is 10.1 Å². The Bertz CT molecular complexity index is 1050. The quantitative estimate of drug-likeness (QED) is 0.477. The van der Waals surface area contributed by atoms with E-state index in [9.17, 15) is 14.9 Å². The van der Waals surface area contributed by atoms with E-state index in [1.165, 1.54) is 28.6 Å². The van der Waals surface area contributed by atoms with Crippen molar-refractivity contribution in [1.29, 1.82) is 0 Å². The molecule has 1 atom stereocenters. The average Bonchev–Trinajstić information content (AvgIpc) is 3.25. The molecule has 0 bridgehead atoms. The molecular weight excluding hydrogens is 384 g/mol. The molecule has 0 radical (unpaired) electrons. The topological polar surface area (TPSA) is 97.4 Å². The highest BCUT2D eigenvalue weighted by molar-refractivity contribution is 5.92. The van der Waals surface area contributed by atoms with E-state index in [0.29, 0.717) is 12.2 Å². The molecule has 1 saturated heterocycles. The SMILES string of the molecule is CC1CN(Cc2ccccc2)CCN1C(=O)c1cn(-c2cccc([N+](=O)[O-])c2)nn1. The maximum absolute atomic E-state index is 13.0. The van der Waals surface area contributed by atoms with Crippen LogP contribution in [0.4, 0.5) is 5.69 Å². The number of hydrogen-bond acceptors (Lipinski definition) is 6. The van der Waals surface area contributed by atoms with Gasteiger partial charge in [-0.2, -0.15) is 0 Å². The predicted molar refractivity (Wildman–Crippen MR) is 110 cm³/mol. The molecule has 9 nitrogen and oxygen atoms in total. The lowest BCUT2D eigenvalue weighted by molar-refractivity contribution is -0.384. The van der Waals surface area contributed by atoms with Crippen LogP contribution in [0.2, 0.25) is 0 Å². The van der Waals surface area contributed by atoms with Crippen molar-refractivity contribution in [2.24, 2.45) is 0 Å². The number of piperazine rings is 1. The fourth-order valence-electron chi connectivity index (χ4n) is 3.70. The van der Waals surface area contributed by atoms with Crippen molar-refractivity contribution < 1.29 is 9.72 Å². The number of non-ortho nitro benzene ring substituents is 1. The standard InChI is InChI=1S/C21H22N6O3/c1-16-13-24(14-17-6-3-2-4-7-17)10-11-25(16)21(28)20-15-26(23-22-20)18-8-5-9-19(12-18)27(29)30/h2-9,12,15-16H,10-11,13-14H2,1H3. The third-order valence-corrected chi connectivity index (χ3v) is 5.24. The van der Waals surface area contributed by atoms with Crippen molar-refractivity contribution in [3.8, 4) is 5.69 Å². The summed E-state index contributed by atoms with van der Waals surface area (Å²) in [7, 11) is 0. The minimum Gasteiger partial charge on any atom is -0.332 e. The number of nitro benzene ring substituents is 1. The lowest BCUT2D eigenvalue weighted by Gasteiger charge is -2.39. The Kier molecular flexibility index (Phi) is 5.53. The second-order valence-corrected chi connectivity index (χ2v) is 7.39. The summed E-state index contributed by atoms with van der Waals surface area (Å²) in [6, 6.07) is 16.4. The van der Waals surface area contributed by atoms with Crippen LogP contribution in [-0.4, -0.2) is 61.3 Å². The molecule has 1 amide bonds. The van der Waals surface area contributed by atoms with Gasteiger partial charge in [-0.3, -0.25) is 19.8 Å². The molecule has 30 heavy (non-hydrogen) atoms. The molecule has 1 aliphatic rings. The summed E-state index contributed by atoms with van der Waals surface area (Å²) in [5.41, 5.74) is 1.92. The van der Waals surface area contributed by atoms with Crippen molar-refractivity contribution in [2.45, 2.75) is 19.5 Å². The van der Waals surface area contributed by atoms with Gasteiger partial charge in [0.15, 0.2) is 5.69 Å². The maximum Gasteiger partial charge on any atom is 0.276 e. The van der Waals surface area contributed by atoms with Crippen LogP contribution in [0.5, 0.6) is 0 Å². The molecule has 1 fully saturated rings. The lowest BCUT2D eigenvalue weighted by atomic mass is 10.1. The zero-order chi connectivity index (χ0) is 21.1. The third-order valence-electron chi connectivity index (χ3n) is 5.24. The normalized spacial score (nSPS) is 17.1. The number of rotatable bonds is 5. The van der Waals surface area contributed by atoms with Crippen LogP contribution in [0.25, 0.3) is 5.69 Å². The monoisotopic (exact) mass is 406 g/mol. The zero-order valence-electron chi connectivity index (χ0n) is 16.6. The smallest absolute Gasteiger partial charge is 0.276 e. The van der Waals surface area contributed by atoms with Crippen LogP contribution < -0.4 is 0 Å². The minimum absolute atomic E-state index is 0.0397. The van der Waals surface area contributed by atoms with Gasteiger partial charge < -0.3 is 4.90 Å². The van der Waals surface area contributed by atoms with Crippen LogP contribution in [-0.2, 0) is 6.54 Å². The highest BCUT2D eigenvalue weighted by Crippen LogP contribution is 2.18. The highest BCUT2D eigenvalue weighted by Gasteiger charge is 2.29. The Labute approximate surface area is 173 Å². The van der Waals surface area contributed by atoms with E-state index in [4.69, 9.17) is 0 Å². The number of carbonyl (C=O) groups excluding carboxylic acids is 1. The summed E-state index contributed by atoms with van der Waals surface area (Å²) in [5.74, 6) is -0.182. The van der Waals surface area contributed by atoms with E-state index in [0.717, 1.165) is 19.6 Å². The summed E-state index contributed by atoms with van der Waals surface area (Å²) >= 11 is 0. The molecule has 154 valence electrons. The van der Waals surface area contributed by atoms with Crippen LogP contribution >= 0.6 is 0 Å². The van der Waals surface area contributed by atoms with Gasteiger partial charge in [-0.15, -0.1) is 5.10 Å². The van der Waals surface area contributed by atoms with Gasteiger partial charge in [-0.1, -0.05) is 41.6 Å². The summed E-state index contributed by atoms with van der Waals surface area (Å²) in [6.45, 7) is 5.05. The largest absolute Gasteiger partial charge is 0.332 e. The number of aromatic nitrogens is 3. The molecule has 0 N–H and O–H groups in total. The molecule has 0 aliphatic carbocycles. The van der Waals surface area contributed by atoms with E-state index in [-0.39, 0.29) is 23.3 Å². The summed E-state index contributed by atoms with van der Waals surface area (Å²) in [5, 5.41) is 19.0. The average molecular weight is 406 g/mol. The molecule has 9 heteroatoms. The first kappa shape index (κ1) is 19.7. The van der Waals surface area contributed by atoms with Gasteiger partial charge in [-0.05, 0) is 18.6 Å². The molecule has 1 aliphatic heterocycles. The first-order valence-corrected chi connectivity index (χ1v) is 9.75. The Morgan fingerprint density at radius 2 is 1.97 bits per heavy atom. The summed E-state index contributed by atoms with van der Waals surface area (Å²) < 4.78 is 1.39. The summed E-state index contributed by atoms with van der Waals surface area (Å²) in [4.78, 5) is 27.6. The Morgan fingerprint density at radius 3 is 2.70 bits per heavy atom. The van der Waals surface area contributed by atoms with Gasteiger partial charge >= 0.3 is 0 Å². The van der Waals surface area contributed by atoms with Crippen molar-refractivity contribution in [3.63, 3.8) is 0 Å². The van der Waals surface area contributed by atoms with Crippen molar-refractivity contribution in [2.75, 3.05) is 19.6 Å². The Morgan fingerprint density at radius 1 is 1.17 bits per heavy atom. The Hall–Kier alpha value is -3.59. The van der Waals surface area contributed by atoms with Crippen LogP contribution in [0.3, 0.4) is 0 Å². The molecule has 2 aromatic carbocycles. The van der Waals surface area contributed by atoms with E-state index < -0.39 is 4.92 Å². The van der Waals surface area contributed by atoms with Gasteiger partial charge in [0.1, 0.15) is 0 Å². The van der Waals surface area contributed by atoms with Gasteiger partial charge in [0.25, 0.3) is 11.6 Å². The lowest BCUT2D eigenvalue weighted by Crippen LogP contribution is -2.53. The van der Waals surface area contributed by atoms with Gasteiger partial charge in [0, 0.05) is 44.4 Å². The van der Waals surface area contributed by atoms with Crippen LogP contribution in [0.1, 0.15) is 23.0 Å². The molecular formula is C21H22N6O3. The molecule has 3 aromatic rings. The number of nitrogens with zero attached hydrogens (tertiary/aromatic N) is 6. The second kappa shape index (κ2) is 8.42. The maximum atomic E-state index is 13.0. The van der Waals surface area contributed by atoms with E-state index in [1.807, 2.05) is 30.0 Å². The van der Waals surface area contributed by atoms with Gasteiger partial charge in [0.05, 0.1) is 16.8 Å². The van der Waals surface area contributed by atoms with E-state index >= 15 is 0 Å². The number of amides is 1. The first-order valence-electron chi connectivity index (χ1n) is 9.75. The van der Waals surface area contributed by atoms with E-state index in [1.54, 1.807) is 12.1 Å². The minimum atomic E-state index is -0.469. The first-order chi connectivity index (χ1) is 14.5. The molecule has 4 rings (SSSR count). The molecule has 0 spiro atoms. The van der Waals surface area contributed by atoms with Crippen molar-refractivity contribution in [3.05, 3.63) is 82.2 Å². The fourth-order valence-corrected chi connectivity index (χ4v) is 3.70. The van der Waals surface area contributed by atoms with Crippen molar-refractivity contribution >= 4 is 11.6 Å². The van der Waals surface area contributed by atoms with E-state index in [2.05, 4.69) is 27.3 Å².